The molecule has 1 amide bonds. The molecule has 2 aromatic carbocycles. The van der Waals surface area contributed by atoms with E-state index in [1.807, 2.05) is 31.0 Å². The van der Waals surface area contributed by atoms with Crippen LogP contribution in [0.2, 0.25) is 0 Å². The van der Waals surface area contributed by atoms with Crippen molar-refractivity contribution in [2.24, 2.45) is 0 Å². The van der Waals surface area contributed by atoms with Crippen molar-refractivity contribution in [3.8, 4) is 0 Å². The van der Waals surface area contributed by atoms with Crippen molar-refractivity contribution in [1.29, 1.82) is 0 Å². The van der Waals surface area contributed by atoms with Crippen molar-refractivity contribution < 1.29 is 18.0 Å². The second-order valence-electron chi connectivity index (χ2n) is 9.31. The van der Waals surface area contributed by atoms with Crippen LogP contribution in [0.25, 0.3) is 0 Å². The van der Waals surface area contributed by atoms with E-state index in [1.54, 1.807) is 30.5 Å². The fourth-order valence-electron chi connectivity index (χ4n) is 4.30. The topological polar surface area (TPSA) is 60.5 Å². The van der Waals surface area contributed by atoms with Gasteiger partial charge in [-0.3, -0.25) is 14.7 Å². The SMILES string of the molecule is CCc1ccc(CNc2ccccc2C(=O)Nc2ccc(CN3CCN(C)CC3)c(C(F)(F)F)c2)cn1. The highest BCUT2D eigenvalue weighted by molar-refractivity contribution is 6.08. The van der Waals surface area contributed by atoms with E-state index in [-0.39, 0.29) is 17.8 Å². The number of aromatic nitrogens is 1. The minimum absolute atomic E-state index is 0.105. The van der Waals surface area contributed by atoms with Crippen LogP contribution in [0.1, 0.15) is 39.7 Å². The molecular weight excluding hydrogens is 479 g/mol. The molecular formula is C28H32F3N5O. The van der Waals surface area contributed by atoms with Gasteiger partial charge in [0.1, 0.15) is 0 Å². The lowest BCUT2D eigenvalue weighted by Gasteiger charge is -2.33. The number of halogens is 3. The summed E-state index contributed by atoms with van der Waals surface area (Å²) >= 11 is 0. The Morgan fingerprint density at radius 2 is 1.78 bits per heavy atom. The monoisotopic (exact) mass is 511 g/mol. The van der Waals surface area contributed by atoms with Gasteiger partial charge < -0.3 is 15.5 Å². The number of amides is 1. The van der Waals surface area contributed by atoms with Gasteiger partial charge in [-0.05, 0) is 54.9 Å². The molecule has 1 fully saturated rings. The first-order valence-corrected chi connectivity index (χ1v) is 12.4. The summed E-state index contributed by atoms with van der Waals surface area (Å²) in [5, 5.41) is 5.89. The van der Waals surface area contributed by atoms with Gasteiger partial charge in [-0.15, -0.1) is 0 Å². The largest absolute Gasteiger partial charge is 0.416 e. The summed E-state index contributed by atoms with van der Waals surface area (Å²) in [6.07, 6.45) is -1.88. The molecule has 9 heteroatoms. The Morgan fingerprint density at radius 1 is 1.03 bits per heavy atom. The molecule has 0 spiro atoms. The Kier molecular flexibility index (Phi) is 8.45. The third-order valence-electron chi connectivity index (χ3n) is 6.57. The van der Waals surface area contributed by atoms with Gasteiger partial charge in [0.25, 0.3) is 5.91 Å². The molecule has 0 unspecified atom stereocenters. The molecule has 2 heterocycles. The third kappa shape index (κ3) is 7.08. The Bertz CT molecular complexity index is 1210. The highest BCUT2D eigenvalue weighted by atomic mass is 19.4. The molecule has 4 rings (SSSR count). The molecule has 1 aliphatic heterocycles. The maximum absolute atomic E-state index is 13.9. The molecule has 1 aromatic heterocycles. The van der Waals surface area contributed by atoms with Crippen LogP contribution in [-0.4, -0.2) is 53.9 Å². The van der Waals surface area contributed by atoms with E-state index >= 15 is 0 Å². The third-order valence-corrected chi connectivity index (χ3v) is 6.57. The minimum atomic E-state index is -4.52. The number of anilines is 2. The van der Waals surface area contributed by atoms with Crippen LogP contribution >= 0.6 is 0 Å². The number of hydrogen-bond donors (Lipinski definition) is 2. The first-order valence-electron chi connectivity index (χ1n) is 12.4. The molecule has 37 heavy (non-hydrogen) atoms. The van der Waals surface area contributed by atoms with Crippen molar-refractivity contribution in [1.82, 2.24) is 14.8 Å². The first-order chi connectivity index (χ1) is 17.7. The smallest absolute Gasteiger partial charge is 0.380 e. The van der Waals surface area contributed by atoms with Gasteiger partial charge in [-0.25, -0.2) is 0 Å². The van der Waals surface area contributed by atoms with Gasteiger partial charge in [0, 0.05) is 62.5 Å². The highest BCUT2D eigenvalue weighted by Gasteiger charge is 2.34. The Balaban J connectivity index is 1.47. The Morgan fingerprint density at radius 3 is 2.46 bits per heavy atom. The number of benzene rings is 2. The number of nitrogens with one attached hydrogen (secondary N) is 2. The number of rotatable bonds is 8. The van der Waals surface area contributed by atoms with Crippen LogP contribution in [0.4, 0.5) is 24.5 Å². The van der Waals surface area contributed by atoms with Gasteiger partial charge in [0.05, 0.1) is 11.1 Å². The molecule has 1 aliphatic rings. The number of likely N-dealkylation sites (N-methyl/N-ethyl adjacent to an activating group) is 1. The molecule has 0 saturated carbocycles. The summed E-state index contributed by atoms with van der Waals surface area (Å²) < 4.78 is 41.8. The standard InChI is InChI=1S/C28H32F3N5O/c1-3-22-10-8-20(17-32-22)18-33-26-7-5-4-6-24(26)27(37)34-23-11-9-21(25(16-23)28(29,30)31)19-36-14-12-35(2)13-15-36/h4-11,16-17,33H,3,12-15,18-19H2,1-2H3,(H,34,37). The van der Waals surface area contributed by atoms with Crippen molar-refractivity contribution in [3.63, 3.8) is 0 Å². The average molecular weight is 512 g/mol. The van der Waals surface area contributed by atoms with E-state index < -0.39 is 17.6 Å². The second-order valence-corrected chi connectivity index (χ2v) is 9.31. The van der Waals surface area contributed by atoms with E-state index in [9.17, 15) is 18.0 Å². The normalized spacial score (nSPS) is 14.9. The fourth-order valence-corrected chi connectivity index (χ4v) is 4.30. The zero-order valence-electron chi connectivity index (χ0n) is 21.1. The number of hydrogen-bond acceptors (Lipinski definition) is 5. The summed E-state index contributed by atoms with van der Waals surface area (Å²) in [5.74, 6) is -0.484. The number of para-hydroxylation sites is 1. The van der Waals surface area contributed by atoms with Crippen molar-refractivity contribution >= 4 is 17.3 Å². The van der Waals surface area contributed by atoms with E-state index in [2.05, 4.69) is 20.5 Å². The number of nitrogens with zero attached hydrogens (tertiary/aromatic N) is 3. The molecule has 1 saturated heterocycles. The summed E-state index contributed by atoms with van der Waals surface area (Å²) in [6.45, 7) is 5.79. The van der Waals surface area contributed by atoms with Crippen molar-refractivity contribution in [2.45, 2.75) is 32.6 Å². The highest BCUT2D eigenvalue weighted by Crippen LogP contribution is 2.35. The van der Waals surface area contributed by atoms with Crippen LogP contribution < -0.4 is 10.6 Å². The fraction of sp³-hybridized carbons (Fsp3) is 0.357. The maximum Gasteiger partial charge on any atom is 0.416 e. The van der Waals surface area contributed by atoms with E-state index in [4.69, 9.17) is 0 Å². The number of carbonyl (C=O) groups excluding carboxylic acids is 1. The zero-order valence-corrected chi connectivity index (χ0v) is 21.1. The second kappa shape index (κ2) is 11.7. The number of carbonyl (C=O) groups is 1. The van der Waals surface area contributed by atoms with Crippen LogP contribution in [0.15, 0.2) is 60.8 Å². The Hall–Kier alpha value is -3.43. The van der Waals surface area contributed by atoms with Gasteiger partial charge in [0.2, 0.25) is 0 Å². The van der Waals surface area contributed by atoms with Gasteiger partial charge in [-0.2, -0.15) is 13.2 Å². The van der Waals surface area contributed by atoms with Gasteiger partial charge in [-0.1, -0.05) is 31.2 Å². The molecule has 196 valence electrons. The van der Waals surface area contributed by atoms with Crippen LogP contribution in [0.5, 0.6) is 0 Å². The lowest BCUT2D eigenvalue weighted by atomic mass is 10.0. The maximum atomic E-state index is 13.9. The van der Waals surface area contributed by atoms with Crippen molar-refractivity contribution in [2.75, 3.05) is 43.9 Å². The van der Waals surface area contributed by atoms with Crippen LogP contribution in [0.3, 0.4) is 0 Å². The van der Waals surface area contributed by atoms with E-state index in [0.717, 1.165) is 49.9 Å². The van der Waals surface area contributed by atoms with Crippen LogP contribution in [0, 0.1) is 0 Å². The molecule has 3 aromatic rings. The zero-order chi connectivity index (χ0) is 26.4. The Labute approximate surface area is 215 Å². The molecule has 0 bridgehead atoms. The first kappa shape index (κ1) is 26.6. The van der Waals surface area contributed by atoms with Gasteiger partial charge >= 0.3 is 6.18 Å². The van der Waals surface area contributed by atoms with Crippen molar-refractivity contribution in [3.05, 3.63) is 88.7 Å². The van der Waals surface area contributed by atoms with E-state index in [1.165, 1.54) is 12.1 Å². The quantitative estimate of drug-likeness (QED) is 0.431. The minimum Gasteiger partial charge on any atom is -0.380 e. The number of aryl methyl sites for hydroxylation is 1. The summed E-state index contributed by atoms with van der Waals surface area (Å²) in [4.78, 5) is 21.6. The lowest BCUT2D eigenvalue weighted by Crippen LogP contribution is -2.44. The average Bonchev–Trinajstić information content (AvgIpc) is 2.89. The molecule has 0 radical (unpaired) electrons. The predicted molar refractivity (Wildman–Crippen MR) is 140 cm³/mol. The molecule has 0 aliphatic carbocycles. The molecule has 2 N–H and O–H groups in total. The summed E-state index contributed by atoms with van der Waals surface area (Å²) in [6, 6.07) is 14.9. The van der Waals surface area contributed by atoms with E-state index in [0.29, 0.717) is 17.8 Å². The number of pyridine rings is 1. The molecule has 6 nitrogen and oxygen atoms in total. The lowest BCUT2D eigenvalue weighted by molar-refractivity contribution is -0.138. The predicted octanol–water partition coefficient (Wildman–Crippen LogP) is 5.27. The number of alkyl halides is 3. The summed E-state index contributed by atoms with van der Waals surface area (Å²) in [7, 11) is 2.00. The molecule has 0 atom stereocenters. The van der Waals surface area contributed by atoms with Gasteiger partial charge in [0.15, 0.2) is 0 Å². The van der Waals surface area contributed by atoms with Crippen LogP contribution in [-0.2, 0) is 25.7 Å². The number of piperazine rings is 1. The summed E-state index contributed by atoms with van der Waals surface area (Å²) in [5.41, 5.74) is 2.47.